The highest BCUT2D eigenvalue weighted by molar-refractivity contribution is 5.48. The summed E-state index contributed by atoms with van der Waals surface area (Å²) in [5, 5.41) is 0. The van der Waals surface area contributed by atoms with Crippen molar-refractivity contribution in [2.45, 2.75) is 20.8 Å². The van der Waals surface area contributed by atoms with Gasteiger partial charge in [0.15, 0.2) is 0 Å². The van der Waals surface area contributed by atoms with Crippen molar-refractivity contribution in [3.8, 4) is 0 Å². The standard InChI is InChI=1S/C9H12O/c1-4-5-9-8(3)7(2)6-10-9/h4-6H,1-3H3/b5-4-. The van der Waals surface area contributed by atoms with Crippen molar-refractivity contribution in [3.63, 3.8) is 0 Å². The Morgan fingerprint density at radius 1 is 1.40 bits per heavy atom. The van der Waals surface area contributed by atoms with Crippen molar-refractivity contribution < 1.29 is 4.42 Å². The summed E-state index contributed by atoms with van der Waals surface area (Å²) in [7, 11) is 0. The molecular formula is C9H12O. The molecule has 0 amide bonds. The van der Waals surface area contributed by atoms with E-state index in [1.807, 2.05) is 26.0 Å². The highest BCUT2D eigenvalue weighted by Gasteiger charge is 2.00. The lowest BCUT2D eigenvalue weighted by molar-refractivity contribution is 0.553. The molecule has 0 atom stereocenters. The number of aryl methyl sites for hydroxylation is 1. The van der Waals surface area contributed by atoms with Crippen LogP contribution in [0.1, 0.15) is 23.8 Å². The largest absolute Gasteiger partial charge is 0.464 e. The van der Waals surface area contributed by atoms with Crippen LogP contribution in [0.2, 0.25) is 0 Å². The first kappa shape index (κ1) is 7.13. The van der Waals surface area contributed by atoms with Crippen molar-refractivity contribution in [2.24, 2.45) is 0 Å². The third kappa shape index (κ3) is 1.13. The van der Waals surface area contributed by atoms with E-state index in [1.165, 1.54) is 11.1 Å². The van der Waals surface area contributed by atoms with Crippen molar-refractivity contribution in [1.82, 2.24) is 0 Å². The molecule has 1 rings (SSSR count). The Kier molecular flexibility index (Phi) is 1.95. The molecule has 0 bridgehead atoms. The molecule has 1 aromatic heterocycles. The quantitative estimate of drug-likeness (QED) is 0.578. The lowest BCUT2D eigenvalue weighted by Gasteiger charge is -1.87. The van der Waals surface area contributed by atoms with Crippen LogP contribution in [0.5, 0.6) is 0 Å². The van der Waals surface area contributed by atoms with Gasteiger partial charge in [-0.1, -0.05) is 6.08 Å². The van der Waals surface area contributed by atoms with E-state index in [-0.39, 0.29) is 0 Å². The van der Waals surface area contributed by atoms with Crippen molar-refractivity contribution in [2.75, 3.05) is 0 Å². The fourth-order valence-electron chi connectivity index (χ4n) is 0.839. The third-order valence-corrected chi connectivity index (χ3v) is 1.64. The summed E-state index contributed by atoms with van der Waals surface area (Å²) in [5.41, 5.74) is 2.45. The monoisotopic (exact) mass is 136 g/mol. The van der Waals surface area contributed by atoms with Crippen LogP contribution in [0.3, 0.4) is 0 Å². The van der Waals surface area contributed by atoms with Crippen LogP contribution >= 0.6 is 0 Å². The lowest BCUT2D eigenvalue weighted by atomic mass is 10.2. The highest BCUT2D eigenvalue weighted by atomic mass is 16.3. The third-order valence-electron chi connectivity index (χ3n) is 1.64. The number of rotatable bonds is 1. The van der Waals surface area contributed by atoms with Gasteiger partial charge in [0.1, 0.15) is 5.76 Å². The van der Waals surface area contributed by atoms with Crippen LogP contribution in [0, 0.1) is 13.8 Å². The normalized spacial score (nSPS) is 11.1. The van der Waals surface area contributed by atoms with Gasteiger partial charge in [-0.3, -0.25) is 0 Å². The molecule has 0 aliphatic heterocycles. The Morgan fingerprint density at radius 3 is 2.50 bits per heavy atom. The maximum Gasteiger partial charge on any atom is 0.129 e. The Bertz CT molecular complexity index is 243. The molecule has 1 aromatic rings. The van der Waals surface area contributed by atoms with Crippen molar-refractivity contribution in [1.29, 1.82) is 0 Å². The molecule has 0 fully saturated rings. The van der Waals surface area contributed by atoms with Crippen LogP contribution in [0.25, 0.3) is 6.08 Å². The molecule has 1 heteroatoms. The van der Waals surface area contributed by atoms with E-state index < -0.39 is 0 Å². The lowest BCUT2D eigenvalue weighted by Crippen LogP contribution is -1.72. The predicted octanol–water partition coefficient (Wildman–Crippen LogP) is 2.93. The van der Waals surface area contributed by atoms with Crippen molar-refractivity contribution >= 4 is 6.08 Å². The van der Waals surface area contributed by atoms with Gasteiger partial charge in [-0.05, 0) is 38.0 Å². The Hall–Kier alpha value is -0.980. The summed E-state index contributed by atoms with van der Waals surface area (Å²) in [4.78, 5) is 0. The summed E-state index contributed by atoms with van der Waals surface area (Å²) >= 11 is 0. The molecule has 0 aliphatic carbocycles. The first-order valence-electron chi connectivity index (χ1n) is 3.43. The topological polar surface area (TPSA) is 13.1 Å². The van der Waals surface area contributed by atoms with E-state index in [0.29, 0.717) is 0 Å². The van der Waals surface area contributed by atoms with Crippen LogP contribution in [-0.2, 0) is 0 Å². The van der Waals surface area contributed by atoms with Gasteiger partial charge >= 0.3 is 0 Å². The van der Waals surface area contributed by atoms with Gasteiger partial charge in [-0.2, -0.15) is 0 Å². The number of hydrogen-bond acceptors (Lipinski definition) is 1. The Morgan fingerprint density at radius 2 is 2.10 bits per heavy atom. The second-order valence-electron chi connectivity index (χ2n) is 2.41. The molecule has 1 heterocycles. The highest BCUT2D eigenvalue weighted by Crippen LogP contribution is 2.15. The molecule has 10 heavy (non-hydrogen) atoms. The van der Waals surface area contributed by atoms with Gasteiger partial charge in [0.05, 0.1) is 6.26 Å². The minimum Gasteiger partial charge on any atom is -0.464 e. The van der Waals surface area contributed by atoms with Crippen LogP contribution in [0.4, 0.5) is 0 Å². The summed E-state index contributed by atoms with van der Waals surface area (Å²) in [5.74, 6) is 0.972. The number of furan rings is 1. The average Bonchev–Trinajstić information content (AvgIpc) is 2.20. The maximum absolute atomic E-state index is 5.25. The summed E-state index contributed by atoms with van der Waals surface area (Å²) in [6, 6.07) is 0. The van der Waals surface area contributed by atoms with Gasteiger partial charge in [0, 0.05) is 0 Å². The van der Waals surface area contributed by atoms with E-state index >= 15 is 0 Å². The predicted molar refractivity (Wildman–Crippen MR) is 42.9 cm³/mol. The van der Waals surface area contributed by atoms with E-state index in [9.17, 15) is 0 Å². The molecule has 0 N–H and O–H groups in total. The zero-order valence-electron chi connectivity index (χ0n) is 6.64. The van der Waals surface area contributed by atoms with Gasteiger partial charge in [-0.15, -0.1) is 0 Å². The minimum atomic E-state index is 0.972. The minimum absolute atomic E-state index is 0.972. The molecule has 0 saturated heterocycles. The molecule has 1 nitrogen and oxygen atoms in total. The van der Waals surface area contributed by atoms with E-state index in [2.05, 4.69) is 6.92 Å². The SMILES string of the molecule is C/C=C\c1occ(C)c1C. The molecular weight excluding hydrogens is 124 g/mol. The maximum atomic E-state index is 5.25. The summed E-state index contributed by atoms with van der Waals surface area (Å²) < 4.78 is 5.25. The van der Waals surface area contributed by atoms with Crippen LogP contribution < -0.4 is 0 Å². The molecule has 0 radical (unpaired) electrons. The smallest absolute Gasteiger partial charge is 0.129 e. The molecule has 0 aromatic carbocycles. The first-order valence-corrected chi connectivity index (χ1v) is 3.43. The van der Waals surface area contributed by atoms with E-state index in [0.717, 1.165) is 5.76 Å². The van der Waals surface area contributed by atoms with Gasteiger partial charge in [0.2, 0.25) is 0 Å². The number of hydrogen-bond donors (Lipinski definition) is 0. The second-order valence-corrected chi connectivity index (χ2v) is 2.41. The Labute approximate surface area is 61.4 Å². The first-order chi connectivity index (χ1) is 4.75. The summed E-state index contributed by atoms with van der Waals surface area (Å²) in [6.45, 7) is 6.09. The second kappa shape index (κ2) is 2.74. The van der Waals surface area contributed by atoms with E-state index in [4.69, 9.17) is 4.42 Å². The molecule has 54 valence electrons. The molecule has 0 unspecified atom stereocenters. The number of allylic oxidation sites excluding steroid dienone is 1. The van der Waals surface area contributed by atoms with Gasteiger partial charge in [-0.25, -0.2) is 0 Å². The fourth-order valence-corrected chi connectivity index (χ4v) is 0.839. The fraction of sp³-hybridized carbons (Fsp3) is 0.333. The molecule has 0 saturated carbocycles. The van der Waals surface area contributed by atoms with Crippen LogP contribution in [0.15, 0.2) is 16.8 Å². The van der Waals surface area contributed by atoms with Crippen molar-refractivity contribution in [3.05, 3.63) is 29.2 Å². The molecule has 0 spiro atoms. The Balaban J connectivity index is 3.05. The van der Waals surface area contributed by atoms with E-state index in [1.54, 1.807) is 6.26 Å². The van der Waals surface area contributed by atoms with Crippen LogP contribution in [-0.4, -0.2) is 0 Å². The van der Waals surface area contributed by atoms with Gasteiger partial charge in [0.25, 0.3) is 0 Å². The zero-order chi connectivity index (χ0) is 7.56. The average molecular weight is 136 g/mol. The zero-order valence-corrected chi connectivity index (χ0v) is 6.64. The molecule has 0 aliphatic rings. The summed E-state index contributed by atoms with van der Waals surface area (Å²) in [6.07, 6.45) is 5.73. The van der Waals surface area contributed by atoms with Gasteiger partial charge < -0.3 is 4.42 Å².